The second-order valence-corrected chi connectivity index (χ2v) is 3.43. The number of carbonyl (C=O) groups excluding carboxylic acids is 1. The topological polar surface area (TPSA) is 20.3 Å². The smallest absolute Gasteiger partial charge is 0.198 e. The normalized spacial score (nSPS) is 21.9. The van der Waals surface area contributed by atoms with Crippen LogP contribution in [0.2, 0.25) is 0 Å². The van der Waals surface area contributed by atoms with Gasteiger partial charge in [0.1, 0.15) is 0 Å². The lowest BCUT2D eigenvalue weighted by molar-refractivity contribution is 0.214. The van der Waals surface area contributed by atoms with Gasteiger partial charge >= 0.3 is 0 Å². The fourth-order valence-corrected chi connectivity index (χ4v) is 1.61. The van der Waals surface area contributed by atoms with Crippen LogP contribution in [0.4, 0.5) is 0 Å². The Hall–Kier alpha value is -0.370. The lowest BCUT2D eigenvalue weighted by Crippen LogP contribution is -2.30. The van der Waals surface area contributed by atoms with Gasteiger partial charge < -0.3 is 4.90 Å². The molecule has 0 atom stereocenters. The minimum absolute atomic E-state index is 0.633. The third-order valence-electron chi connectivity index (χ3n) is 2.49. The minimum Gasteiger partial charge on any atom is -0.306 e. The molecule has 0 bridgehead atoms. The summed E-state index contributed by atoms with van der Waals surface area (Å²) in [5.74, 6) is 0.785. The van der Waals surface area contributed by atoms with Gasteiger partial charge in [0.15, 0.2) is 6.29 Å². The third-order valence-corrected chi connectivity index (χ3v) is 2.49. The summed E-state index contributed by atoms with van der Waals surface area (Å²) in [6.45, 7) is 2.40. The molecule has 0 aromatic carbocycles. The van der Waals surface area contributed by atoms with E-state index in [1.807, 2.05) is 6.29 Å². The van der Waals surface area contributed by atoms with Crippen molar-refractivity contribution < 1.29 is 4.79 Å². The molecule has 0 amide bonds. The minimum atomic E-state index is 0.633. The Bertz CT molecular complexity index is 117. The molecule has 0 saturated carbocycles. The van der Waals surface area contributed by atoms with E-state index in [2.05, 4.69) is 11.9 Å². The van der Waals surface area contributed by atoms with Gasteiger partial charge in [-0.1, -0.05) is 0 Å². The van der Waals surface area contributed by atoms with Gasteiger partial charge in [-0.05, 0) is 45.3 Å². The number of rotatable bonds is 3. The monoisotopic (exact) mass is 154 g/mol. The summed E-state index contributed by atoms with van der Waals surface area (Å²) in [5.41, 5.74) is 0. The number of piperidine rings is 1. The highest BCUT2D eigenvalue weighted by Crippen LogP contribution is 2.19. The zero-order valence-electron chi connectivity index (χ0n) is 7.18. The van der Waals surface area contributed by atoms with Crippen molar-refractivity contribution in [3.05, 3.63) is 0 Å². The zero-order valence-corrected chi connectivity index (χ0v) is 7.18. The molecule has 11 heavy (non-hydrogen) atoms. The highest BCUT2D eigenvalue weighted by molar-refractivity contribution is 5.50. The summed E-state index contributed by atoms with van der Waals surface area (Å²) in [7, 11) is 2.15. The second-order valence-electron chi connectivity index (χ2n) is 3.43. The Labute approximate surface area is 68.6 Å². The first-order chi connectivity index (χ1) is 5.33. The summed E-state index contributed by atoms with van der Waals surface area (Å²) in [4.78, 5) is 12.3. The molecule has 1 aliphatic heterocycles. The molecule has 1 rings (SSSR count). The van der Waals surface area contributed by atoms with Crippen molar-refractivity contribution in [2.24, 2.45) is 5.92 Å². The molecule has 1 saturated heterocycles. The number of hydrogen-bond donors (Lipinski definition) is 0. The van der Waals surface area contributed by atoms with E-state index in [9.17, 15) is 4.79 Å². The first-order valence-electron chi connectivity index (χ1n) is 4.36. The van der Waals surface area contributed by atoms with Gasteiger partial charge in [0, 0.05) is 6.42 Å². The SMILES string of the molecule is CN1CCC(CC[C]=O)CC1. The van der Waals surface area contributed by atoms with E-state index in [0.717, 1.165) is 12.3 Å². The number of likely N-dealkylation sites (tertiary alicyclic amines) is 1. The Morgan fingerprint density at radius 1 is 1.45 bits per heavy atom. The molecule has 1 heterocycles. The van der Waals surface area contributed by atoms with Crippen molar-refractivity contribution in [2.75, 3.05) is 20.1 Å². The van der Waals surface area contributed by atoms with Crippen LogP contribution in [0.1, 0.15) is 25.7 Å². The predicted molar refractivity (Wildman–Crippen MR) is 45.1 cm³/mol. The van der Waals surface area contributed by atoms with Crippen LogP contribution in [0.3, 0.4) is 0 Å². The summed E-state index contributed by atoms with van der Waals surface area (Å²) in [6, 6.07) is 0. The zero-order chi connectivity index (χ0) is 8.10. The van der Waals surface area contributed by atoms with Crippen LogP contribution in [0.5, 0.6) is 0 Å². The van der Waals surface area contributed by atoms with E-state index in [0.29, 0.717) is 6.42 Å². The summed E-state index contributed by atoms with van der Waals surface area (Å²) < 4.78 is 0. The van der Waals surface area contributed by atoms with Gasteiger partial charge in [-0.25, -0.2) is 0 Å². The molecule has 0 unspecified atom stereocenters. The van der Waals surface area contributed by atoms with Gasteiger partial charge in [-0.2, -0.15) is 0 Å². The van der Waals surface area contributed by atoms with E-state index in [1.165, 1.54) is 25.9 Å². The Balaban J connectivity index is 2.12. The summed E-state index contributed by atoms with van der Waals surface area (Å²) >= 11 is 0. The van der Waals surface area contributed by atoms with E-state index >= 15 is 0 Å². The van der Waals surface area contributed by atoms with Gasteiger partial charge in [-0.15, -0.1) is 0 Å². The molecule has 0 spiro atoms. The van der Waals surface area contributed by atoms with Crippen molar-refractivity contribution in [1.29, 1.82) is 0 Å². The Morgan fingerprint density at radius 2 is 2.09 bits per heavy atom. The number of hydrogen-bond acceptors (Lipinski definition) is 2. The lowest BCUT2D eigenvalue weighted by Gasteiger charge is -2.28. The van der Waals surface area contributed by atoms with Crippen LogP contribution in [0, 0.1) is 5.92 Å². The molecule has 0 aromatic heterocycles. The van der Waals surface area contributed by atoms with Crippen molar-refractivity contribution >= 4 is 6.29 Å². The fourth-order valence-electron chi connectivity index (χ4n) is 1.61. The van der Waals surface area contributed by atoms with Crippen LogP contribution in [0.15, 0.2) is 0 Å². The van der Waals surface area contributed by atoms with Crippen LogP contribution < -0.4 is 0 Å². The van der Waals surface area contributed by atoms with Crippen molar-refractivity contribution in [3.63, 3.8) is 0 Å². The molecule has 0 N–H and O–H groups in total. The maximum Gasteiger partial charge on any atom is 0.198 e. The van der Waals surface area contributed by atoms with Crippen LogP contribution in [-0.4, -0.2) is 31.3 Å². The molecule has 0 aliphatic carbocycles. The van der Waals surface area contributed by atoms with E-state index in [1.54, 1.807) is 0 Å². The largest absolute Gasteiger partial charge is 0.306 e. The summed E-state index contributed by atoms with van der Waals surface area (Å²) in [6.07, 6.45) is 6.17. The van der Waals surface area contributed by atoms with E-state index in [-0.39, 0.29) is 0 Å². The van der Waals surface area contributed by atoms with Gasteiger partial charge in [0.25, 0.3) is 0 Å². The highest BCUT2D eigenvalue weighted by Gasteiger charge is 2.15. The van der Waals surface area contributed by atoms with Crippen LogP contribution in [0.25, 0.3) is 0 Å². The molecule has 63 valence electrons. The van der Waals surface area contributed by atoms with Gasteiger partial charge in [0.05, 0.1) is 0 Å². The maximum atomic E-state index is 9.98. The lowest BCUT2D eigenvalue weighted by atomic mass is 9.93. The molecular weight excluding hydrogens is 138 g/mol. The summed E-state index contributed by atoms with van der Waals surface area (Å²) in [5, 5.41) is 0. The molecule has 1 aliphatic rings. The number of nitrogens with zero attached hydrogens (tertiary/aromatic N) is 1. The van der Waals surface area contributed by atoms with E-state index < -0.39 is 0 Å². The first-order valence-corrected chi connectivity index (χ1v) is 4.36. The first kappa shape index (κ1) is 8.72. The maximum absolute atomic E-state index is 9.98. The highest BCUT2D eigenvalue weighted by atomic mass is 16.1. The third kappa shape index (κ3) is 3.02. The van der Waals surface area contributed by atoms with Crippen LogP contribution >= 0.6 is 0 Å². The van der Waals surface area contributed by atoms with Crippen LogP contribution in [-0.2, 0) is 4.79 Å². The molecular formula is C9H16NO. The van der Waals surface area contributed by atoms with Gasteiger partial charge in [0.2, 0.25) is 0 Å². The van der Waals surface area contributed by atoms with E-state index in [4.69, 9.17) is 0 Å². The average molecular weight is 154 g/mol. The van der Waals surface area contributed by atoms with Gasteiger partial charge in [-0.3, -0.25) is 4.79 Å². The Kier molecular flexibility index (Phi) is 3.57. The molecule has 2 heteroatoms. The Morgan fingerprint density at radius 3 is 2.64 bits per heavy atom. The van der Waals surface area contributed by atoms with Crippen molar-refractivity contribution in [2.45, 2.75) is 25.7 Å². The molecule has 1 fully saturated rings. The molecule has 0 aromatic rings. The van der Waals surface area contributed by atoms with Crippen molar-refractivity contribution in [3.8, 4) is 0 Å². The fraction of sp³-hybridized carbons (Fsp3) is 0.889. The van der Waals surface area contributed by atoms with Crippen molar-refractivity contribution in [1.82, 2.24) is 4.90 Å². The molecule has 2 nitrogen and oxygen atoms in total. The average Bonchev–Trinajstić information content (AvgIpc) is 2.04. The second kappa shape index (κ2) is 4.50. The predicted octanol–water partition coefficient (Wildman–Crippen LogP) is 1.22. The quantitative estimate of drug-likeness (QED) is 0.609. The molecule has 1 radical (unpaired) electrons. The standard InChI is InChI=1S/C9H16NO/c1-10-6-4-9(5-7-10)3-2-8-11/h9H,2-7H2,1H3.